The Morgan fingerprint density at radius 3 is 2.38 bits per heavy atom. The summed E-state index contributed by atoms with van der Waals surface area (Å²) in [4.78, 5) is 1.73. The highest BCUT2D eigenvalue weighted by atomic mass is 32.2. The second-order valence-corrected chi connectivity index (χ2v) is 10.00. The number of benzene rings is 1. The summed E-state index contributed by atoms with van der Waals surface area (Å²) in [6.45, 7) is 3.36. The maximum Gasteiger partial charge on any atom is 0.285 e. The number of nitrogens with zero attached hydrogens (tertiary/aromatic N) is 2. The molecule has 0 aliphatic carbocycles. The summed E-state index contributed by atoms with van der Waals surface area (Å²) < 4.78 is 50.3. The summed E-state index contributed by atoms with van der Waals surface area (Å²) in [5.74, 6) is 0.280. The molecule has 1 heterocycles. The first-order chi connectivity index (χ1) is 9.46. The quantitative estimate of drug-likeness (QED) is 0.822. The van der Waals surface area contributed by atoms with Gasteiger partial charge in [0, 0.05) is 25.4 Å². The van der Waals surface area contributed by atoms with Crippen LogP contribution >= 0.6 is 0 Å². The molecule has 0 bridgehead atoms. The van der Waals surface area contributed by atoms with E-state index in [0.29, 0.717) is 5.56 Å². The minimum Gasteiger partial charge on any atom is -0.357 e. The fourth-order valence-electron chi connectivity index (χ4n) is 2.13. The van der Waals surface area contributed by atoms with Gasteiger partial charge in [-0.15, -0.1) is 4.40 Å². The largest absolute Gasteiger partial charge is 0.357 e. The van der Waals surface area contributed by atoms with Crippen LogP contribution in [0.15, 0.2) is 33.6 Å². The van der Waals surface area contributed by atoms with Gasteiger partial charge in [0.15, 0.2) is 15.7 Å². The van der Waals surface area contributed by atoms with E-state index in [0.717, 1.165) is 0 Å². The van der Waals surface area contributed by atoms with Gasteiger partial charge in [-0.2, -0.15) is 8.42 Å². The fourth-order valence-corrected chi connectivity index (χ4v) is 3.81. The Kier molecular flexibility index (Phi) is 3.66. The van der Waals surface area contributed by atoms with Crippen molar-refractivity contribution in [2.45, 2.75) is 23.5 Å². The van der Waals surface area contributed by atoms with Crippen molar-refractivity contribution in [2.24, 2.45) is 4.40 Å². The van der Waals surface area contributed by atoms with Crippen LogP contribution in [0.1, 0.15) is 19.4 Å². The molecule has 0 spiro atoms. The number of fused-ring (bicyclic) bond motifs is 1. The lowest BCUT2D eigenvalue weighted by Gasteiger charge is -2.29. The summed E-state index contributed by atoms with van der Waals surface area (Å²) in [5.41, 5.74) is 0.504. The zero-order valence-corrected chi connectivity index (χ0v) is 14.0. The molecule has 0 fully saturated rings. The Morgan fingerprint density at radius 1 is 1.24 bits per heavy atom. The summed E-state index contributed by atoms with van der Waals surface area (Å²) in [6.07, 6.45) is 1.17. The van der Waals surface area contributed by atoms with Crippen LogP contribution in [-0.4, -0.2) is 52.2 Å². The van der Waals surface area contributed by atoms with Gasteiger partial charge in [-0.25, -0.2) is 8.42 Å². The molecule has 21 heavy (non-hydrogen) atoms. The molecule has 6 nitrogen and oxygen atoms in total. The minimum absolute atomic E-state index is 0.147. The van der Waals surface area contributed by atoms with Crippen LogP contribution in [0, 0.1) is 0 Å². The normalized spacial score (nSPS) is 17.2. The number of hydrogen-bond acceptors (Lipinski definition) is 5. The van der Waals surface area contributed by atoms with E-state index < -0.39 is 24.6 Å². The highest BCUT2D eigenvalue weighted by molar-refractivity contribution is 7.92. The standard InChI is InChI=1S/C13H18N2O4S2/c1-13(2,20(4,16)17)9-15(3)12-10-7-5-6-8-11(10)21(18,19)14-12/h5-8H,9H2,1-4H3. The van der Waals surface area contributed by atoms with Crippen molar-refractivity contribution < 1.29 is 16.8 Å². The fraction of sp³-hybridized carbons (Fsp3) is 0.462. The molecule has 0 aromatic heterocycles. The molecular formula is C13H18N2O4S2. The van der Waals surface area contributed by atoms with Gasteiger partial charge in [-0.3, -0.25) is 0 Å². The predicted molar refractivity (Wildman–Crippen MR) is 81.7 cm³/mol. The molecule has 0 saturated heterocycles. The Labute approximate surface area is 125 Å². The van der Waals surface area contributed by atoms with Crippen LogP contribution in [0.25, 0.3) is 0 Å². The van der Waals surface area contributed by atoms with E-state index in [1.807, 2.05) is 0 Å². The van der Waals surface area contributed by atoms with E-state index >= 15 is 0 Å². The van der Waals surface area contributed by atoms with Crippen LogP contribution in [0.2, 0.25) is 0 Å². The third-order valence-corrected chi connectivity index (χ3v) is 7.06. The van der Waals surface area contributed by atoms with Crippen molar-refractivity contribution in [3.8, 4) is 0 Å². The van der Waals surface area contributed by atoms with Crippen molar-refractivity contribution in [2.75, 3.05) is 19.8 Å². The van der Waals surface area contributed by atoms with Crippen LogP contribution < -0.4 is 0 Å². The summed E-state index contributed by atoms with van der Waals surface area (Å²) in [5, 5.41) is 0. The van der Waals surface area contributed by atoms with Crippen molar-refractivity contribution in [3.63, 3.8) is 0 Å². The van der Waals surface area contributed by atoms with Gasteiger partial charge in [0.2, 0.25) is 0 Å². The summed E-state index contributed by atoms with van der Waals surface area (Å²) in [6, 6.07) is 6.53. The average Bonchev–Trinajstić information content (AvgIpc) is 2.60. The Bertz CT molecular complexity index is 808. The van der Waals surface area contributed by atoms with Gasteiger partial charge in [0.05, 0.1) is 4.75 Å². The molecule has 0 N–H and O–H groups in total. The van der Waals surface area contributed by atoms with Gasteiger partial charge in [0.1, 0.15) is 4.90 Å². The number of sulfone groups is 1. The zero-order chi connectivity index (χ0) is 16.1. The highest BCUT2D eigenvalue weighted by Gasteiger charge is 2.36. The van der Waals surface area contributed by atoms with Crippen LogP contribution in [0.3, 0.4) is 0 Å². The Balaban J connectivity index is 2.41. The lowest BCUT2D eigenvalue weighted by atomic mass is 10.1. The number of rotatable bonds is 3. The van der Waals surface area contributed by atoms with Crippen molar-refractivity contribution >= 4 is 25.7 Å². The number of amidine groups is 1. The molecule has 1 aliphatic rings. The third kappa shape index (κ3) is 2.82. The summed E-state index contributed by atoms with van der Waals surface area (Å²) >= 11 is 0. The first kappa shape index (κ1) is 16.0. The van der Waals surface area contributed by atoms with Crippen LogP contribution in [-0.2, 0) is 19.9 Å². The Hall–Kier alpha value is -1.41. The molecule has 1 aliphatic heterocycles. The van der Waals surface area contributed by atoms with Gasteiger partial charge in [-0.1, -0.05) is 12.1 Å². The molecule has 0 amide bonds. The molecule has 0 saturated carbocycles. The first-order valence-corrected chi connectivity index (χ1v) is 9.64. The van der Waals surface area contributed by atoms with Crippen LogP contribution in [0.4, 0.5) is 0 Å². The molecular weight excluding hydrogens is 312 g/mol. The second-order valence-electron chi connectivity index (χ2n) is 5.77. The molecule has 1 aromatic rings. The van der Waals surface area contributed by atoms with Gasteiger partial charge in [0.25, 0.3) is 10.0 Å². The van der Waals surface area contributed by atoms with Crippen molar-refractivity contribution in [1.82, 2.24) is 4.90 Å². The number of sulfonamides is 1. The van der Waals surface area contributed by atoms with Gasteiger partial charge < -0.3 is 4.90 Å². The molecule has 8 heteroatoms. The van der Waals surface area contributed by atoms with E-state index in [2.05, 4.69) is 4.40 Å². The zero-order valence-electron chi connectivity index (χ0n) is 12.4. The van der Waals surface area contributed by atoms with Gasteiger partial charge >= 0.3 is 0 Å². The predicted octanol–water partition coefficient (Wildman–Crippen LogP) is 0.890. The van der Waals surface area contributed by atoms with Crippen LogP contribution in [0.5, 0.6) is 0 Å². The highest BCUT2D eigenvalue weighted by Crippen LogP contribution is 2.28. The molecule has 1 aromatic carbocycles. The SMILES string of the molecule is CN(CC(C)(C)S(C)(=O)=O)C1=NS(=O)(=O)c2ccccc21. The lowest BCUT2D eigenvalue weighted by Crippen LogP contribution is -2.44. The third-order valence-electron chi connectivity index (χ3n) is 3.60. The molecule has 116 valence electrons. The maximum absolute atomic E-state index is 12.0. The van der Waals surface area contributed by atoms with E-state index in [4.69, 9.17) is 0 Å². The first-order valence-electron chi connectivity index (χ1n) is 6.31. The second kappa shape index (κ2) is 4.81. The topological polar surface area (TPSA) is 83.9 Å². The smallest absolute Gasteiger partial charge is 0.285 e. The van der Waals surface area contributed by atoms with Crippen molar-refractivity contribution in [1.29, 1.82) is 0 Å². The maximum atomic E-state index is 12.0. The molecule has 2 rings (SSSR count). The van der Waals surface area contributed by atoms with Crippen molar-refractivity contribution in [3.05, 3.63) is 29.8 Å². The monoisotopic (exact) mass is 330 g/mol. The van der Waals surface area contributed by atoms with E-state index in [1.54, 1.807) is 44.0 Å². The molecule has 0 unspecified atom stereocenters. The molecule has 0 radical (unpaired) electrons. The van der Waals surface area contributed by atoms with Gasteiger partial charge in [-0.05, 0) is 26.0 Å². The minimum atomic E-state index is -3.69. The van der Waals surface area contributed by atoms with E-state index in [1.165, 1.54) is 12.3 Å². The number of hydrogen-bond donors (Lipinski definition) is 0. The summed E-state index contributed by atoms with van der Waals surface area (Å²) in [7, 11) is -5.33. The van der Waals surface area contributed by atoms with E-state index in [-0.39, 0.29) is 17.3 Å². The Morgan fingerprint density at radius 2 is 1.81 bits per heavy atom. The lowest BCUT2D eigenvalue weighted by molar-refractivity contribution is 0.430. The molecule has 0 atom stereocenters. The van der Waals surface area contributed by atoms with E-state index in [9.17, 15) is 16.8 Å². The average molecular weight is 330 g/mol.